The maximum absolute atomic E-state index is 13.2. The van der Waals surface area contributed by atoms with Crippen LogP contribution in [0.15, 0.2) is 48.5 Å². The third kappa shape index (κ3) is 9.20. The molecular formula is C83H99Br3N4O17. The van der Waals surface area contributed by atoms with Crippen molar-refractivity contribution >= 4 is 28.9 Å². The molecule has 8 aliphatic heterocycles. The molecule has 8 N–H and O–H groups in total. The number of ether oxygens (including phenoxy) is 4. The van der Waals surface area contributed by atoms with Crippen molar-refractivity contribution in [2.24, 2.45) is 23.7 Å². The highest BCUT2D eigenvalue weighted by Crippen LogP contribution is 2.71. The van der Waals surface area contributed by atoms with Crippen molar-refractivity contribution in [2.45, 2.75) is 240 Å². The fourth-order valence-corrected chi connectivity index (χ4v) is 26.9. The Morgan fingerprint density at radius 2 is 0.729 bits per heavy atom. The molecule has 4 aromatic carbocycles. The van der Waals surface area contributed by atoms with E-state index in [0.29, 0.717) is 90.3 Å². The van der Waals surface area contributed by atoms with Gasteiger partial charge in [0.1, 0.15) is 29.3 Å². The summed E-state index contributed by atoms with van der Waals surface area (Å²) in [4.78, 5) is 66.8. The van der Waals surface area contributed by atoms with Gasteiger partial charge in [-0.05, 0) is 142 Å². The number of likely N-dealkylation sites (N-methyl/N-ethyl adjacent to an activating group) is 3. The van der Waals surface area contributed by atoms with Gasteiger partial charge in [-0.2, -0.15) is 0 Å². The summed E-state index contributed by atoms with van der Waals surface area (Å²) in [6.45, 7) is 7.91. The normalized spacial score (nSPS) is 42.8. The van der Waals surface area contributed by atoms with Gasteiger partial charge in [-0.25, -0.2) is 0 Å². The highest BCUT2D eigenvalue weighted by molar-refractivity contribution is 6.11. The molecule has 4 spiro atoms. The van der Waals surface area contributed by atoms with Crippen LogP contribution < -0.4 is 69.9 Å². The zero-order valence-electron chi connectivity index (χ0n) is 61.1. The van der Waals surface area contributed by atoms with Crippen molar-refractivity contribution in [3.8, 4) is 46.0 Å². The molecule has 12 aliphatic carbocycles. The molecule has 21 nitrogen and oxygen atoms in total. The minimum Gasteiger partial charge on any atom is -1.00 e. The number of aromatic hydroxyl groups is 4. The number of hydrogen-bond acceptors (Lipinski definition) is 18. The molecule has 574 valence electrons. The van der Waals surface area contributed by atoms with E-state index in [9.17, 15) is 64.8 Å². The van der Waals surface area contributed by atoms with Crippen molar-refractivity contribution in [3.63, 3.8) is 0 Å². The van der Waals surface area contributed by atoms with Crippen LogP contribution in [-0.2, 0) is 71.3 Å². The van der Waals surface area contributed by atoms with E-state index < -0.39 is 68.5 Å². The Kier molecular flexibility index (Phi) is 16.2. The van der Waals surface area contributed by atoms with Gasteiger partial charge in [0.05, 0.1) is 94.1 Å². The number of carbonyl (C=O) groups excluding carboxylic acids is 5. The van der Waals surface area contributed by atoms with Gasteiger partial charge in [0.25, 0.3) is 0 Å². The molecule has 8 heterocycles. The second kappa shape index (κ2) is 23.7. The predicted molar refractivity (Wildman–Crippen MR) is 373 cm³/mol. The smallest absolute Gasteiger partial charge is 0.189 e. The molecule has 8 saturated carbocycles. The average molecular weight is 1660 g/mol. The number of ketones is 5. The second-order valence-corrected chi connectivity index (χ2v) is 37.5. The number of benzene rings is 4. The fraction of sp³-hybridized carbons (Fsp3) is 0.651. The third-order valence-electron chi connectivity index (χ3n) is 32.2. The Morgan fingerprint density at radius 1 is 0.402 bits per heavy atom. The Labute approximate surface area is 654 Å². The molecule has 8 bridgehead atoms. The molecule has 19 atom stereocenters. The largest absolute Gasteiger partial charge is 1.00 e. The number of phenols is 4. The highest BCUT2D eigenvalue weighted by Gasteiger charge is 2.82. The summed E-state index contributed by atoms with van der Waals surface area (Å²) >= 11 is 0. The Balaban J connectivity index is 0.0000000999. The third-order valence-corrected chi connectivity index (χ3v) is 32.2. The summed E-state index contributed by atoms with van der Waals surface area (Å²) in [6, 6.07) is 14.5. The molecule has 0 aromatic heterocycles. The van der Waals surface area contributed by atoms with Crippen molar-refractivity contribution in [1.82, 2.24) is 4.90 Å². The molecular weight excluding hydrogens is 1560 g/mol. The molecule has 0 amide bonds. The van der Waals surface area contributed by atoms with Crippen LogP contribution in [0.5, 0.6) is 46.0 Å². The van der Waals surface area contributed by atoms with Crippen LogP contribution in [0.1, 0.15) is 167 Å². The molecule has 4 saturated heterocycles. The Morgan fingerprint density at radius 3 is 1.12 bits per heavy atom. The van der Waals surface area contributed by atoms with Crippen LogP contribution in [0.3, 0.4) is 0 Å². The number of aliphatic hydroxyl groups is 4. The van der Waals surface area contributed by atoms with E-state index in [1.807, 2.05) is 24.3 Å². The van der Waals surface area contributed by atoms with Gasteiger partial charge in [0.2, 0.25) is 0 Å². The number of quaternary nitrogens is 3. The first-order chi connectivity index (χ1) is 49.6. The maximum atomic E-state index is 13.2. The Hall–Kier alpha value is -5.25. The van der Waals surface area contributed by atoms with Gasteiger partial charge in [-0.15, -0.1) is 0 Å². The molecule has 24 rings (SSSR count). The lowest BCUT2D eigenvalue weighted by Gasteiger charge is -2.64. The summed E-state index contributed by atoms with van der Waals surface area (Å²) in [7, 11) is 6.78. The van der Waals surface area contributed by atoms with E-state index >= 15 is 0 Å². The number of halogens is 3. The number of nitrogens with zero attached hydrogens (tertiary/aromatic N) is 4. The predicted octanol–water partition coefficient (Wildman–Crippen LogP) is -3.27. The minimum atomic E-state index is -1.61. The Bertz CT molecular complexity index is 4430. The quantitative estimate of drug-likeness (QED) is 0.0635. The molecule has 4 aromatic rings. The number of carbonyl (C=O) groups is 5. The summed E-state index contributed by atoms with van der Waals surface area (Å²) in [5.74, 6) is 4.55. The first-order valence-electron chi connectivity index (χ1n) is 39.5. The van der Waals surface area contributed by atoms with Gasteiger partial charge in [0, 0.05) is 110 Å². The van der Waals surface area contributed by atoms with Crippen molar-refractivity contribution in [3.05, 3.63) is 93.0 Å². The van der Waals surface area contributed by atoms with Crippen molar-refractivity contribution in [2.75, 3.05) is 73.5 Å². The minimum absolute atomic E-state index is 0. The maximum Gasteiger partial charge on any atom is 0.189 e. The number of hydrogen-bond donors (Lipinski definition) is 8. The van der Waals surface area contributed by atoms with Gasteiger partial charge < -0.3 is 124 Å². The van der Waals surface area contributed by atoms with E-state index in [4.69, 9.17) is 18.9 Å². The monoisotopic (exact) mass is 1660 g/mol. The molecule has 0 radical (unpaired) electrons. The van der Waals surface area contributed by atoms with E-state index in [1.165, 1.54) is 51.4 Å². The molecule has 20 aliphatic rings. The molecule has 24 heteroatoms. The van der Waals surface area contributed by atoms with Crippen molar-refractivity contribution < 1.29 is 148 Å². The van der Waals surface area contributed by atoms with Crippen LogP contribution in [0.4, 0.5) is 0 Å². The van der Waals surface area contributed by atoms with Crippen LogP contribution in [0, 0.1) is 23.7 Å². The second-order valence-electron chi connectivity index (χ2n) is 37.5. The summed E-state index contributed by atoms with van der Waals surface area (Å²) in [5.41, 5.74) is 0.493. The lowest BCUT2D eigenvalue weighted by atomic mass is 9.48. The standard InChI is InChI=1S/C21H23NO5.2C21H25NO4.C20H23NO4.3BrH/c1-22(10-11-2-3-11)7-6-20-17-12-4-5-13(23)18(17)27-19(20)14(24)9-16(25)21(20,26)15(22)8-12;2*1-22(11-12-2-3-12)9-8-20-17-13-4-5-14(23)18(17)26-19(20)15(24)6-7-21(20,25)16(22)10-13;22-13-4-3-12-9-15-20(24)6-5-14(23)18-19(20,16(12)17(13)25-18)7-8-21(15)10-11-1-2-11;;;/h4-5,11,15,19,26H,2-3,6-10H2,1H3;2*4-5,12,16,19,25H,2-3,6-11H2,1H3;3-4,11,15,18,22,24H,1-2,5-10H2;3*1H/t15-,19+,20+,21+,22?;2*16-,19+,20+,21-,22?;15-,18+,19+,20-;;;/m1111.../s1. The number of Topliss-reactive ketones (excluding diaryl/α,β-unsaturated/α-hetero) is 5. The van der Waals surface area contributed by atoms with Crippen LogP contribution in [0.2, 0.25) is 0 Å². The van der Waals surface area contributed by atoms with E-state index in [1.54, 1.807) is 24.3 Å². The molecule has 107 heavy (non-hydrogen) atoms. The van der Waals surface area contributed by atoms with Crippen LogP contribution >= 0.6 is 0 Å². The molecule has 12 fully saturated rings. The number of phenolic OH excluding ortho intramolecular Hbond substituents is 4. The van der Waals surface area contributed by atoms with Crippen LogP contribution in [-0.4, -0.2) is 233 Å². The lowest BCUT2D eigenvalue weighted by molar-refractivity contribution is -0.950. The van der Waals surface area contributed by atoms with Gasteiger partial charge in [-0.3, -0.25) is 28.9 Å². The van der Waals surface area contributed by atoms with E-state index in [-0.39, 0.29) is 133 Å². The zero-order chi connectivity index (χ0) is 71.5. The highest BCUT2D eigenvalue weighted by atomic mass is 79.9. The SMILES string of the molecule is C[N+]1(CC2CC2)CC[C@]23c4c5ccc(O)c4O[C@H]2C(=O)CC(=O)[C@@]3(O)[C@H]1C5.C[N+]1(CC2CC2)CC[C@]23c4c5ccc(O)c4O[C@H]2C(=O)CC[C@@]3(O)[C@H]1C5.C[N+]1(CC2CC2)CC[C@]23c4c5ccc(O)c4O[C@H]2C(=O)CC[C@@]3(O)[C@H]1C5.O=C1CC[C@@]2(O)[C@H]3Cc4ccc(O)c5c4[C@@]2(CCN3CC2CC2)[C@H]1O5.[Br-].[Br-].[Br-]. The van der Waals surface area contributed by atoms with Gasteiger partial charge >= 0.3 is 0 Å². The average Bonchev–Trinajstić information content (AvgIpc) is 1.13. The summed E-state index contributed by atoms with van der Waals surface area (Å²) in [5, 5.41) is 89.8. The van der Waals surface area contributed by atoms with Crippen molar-refractivity contribution in [1.29, 1.82) is 0 Å². The van der Waals surface area contributed by atoms with Gasteiger partial charge in [0.15, 0.2) is 105 Å². The number of rotatable bonds is 8. The topological polar surface area (TPSA) is 287 Å². The number of piperidine rings is 4. The van der Waals surface area contributed by atoms with E-state index in [0.717, 1.165) is 157 Å². The van der Waals surface area contributed by atoms with Crippen LogP contribution in [0.25, 0.3) is 0 Å². The zero-order valence-corrected chi connectivity index (χ0v) is 65.9. The first-order valence-corrected chi connectivity index (χ1v) is 39.5. The summed E-state index contributed by atoms with van der Waals surface area (Å²) < 4.78 is 26.7. The molecule has 3 unspecified atom stereocenters. The van der Waals surface area contributed by atoms with E-state index in [2.05, 4.69) is 26.0 Å². The van der Waals surface area contributed by atoms with Gasteiger partial charge in [-0.1, -0.05) is 24.3 Å². The fourth-order valence-electron chi connectivity index (χ4n) is 26.9. The first kappa shape index (κ1) is 73.2. The number of likely N-dealkylation sites (tertiary alicyclic amines) is 4. The summed E-state index contributed by atoms with van der Waals surface area (Å²) in [6.07, 6.45) is 15.5. The lowest BCUT2D eigenvalue weighted by Crippen LogP contribution is -3.00.